The van der Waals surface area contributed by atoms with Gasteiger partial charge in [0.2, 0.25) is 10.0 Å². The third-order valence-electron chi connectivity index (χ3n) is 3.55. The number of nitrogens with one attached hydrogen (secondary N) is 1. The van der Waals surface area contributed by atoms with Crippen LogP contribution in [0.3, 0.4) is 0 Å². The lowest BCUT2D eigenvalue weighted by atomic mass is 9.87. The van der Waals surface area contributed by atoms with Crippen LogP contribution in [-0.4, -0.2) is 26.2 Å². The van der Waals surface area contributed by atoms with Crippen molar-refractivity contribution in [2.45, 2.75) is 36.6 Å². The average Bonchev–Trinajstić information content (AvgIpc) is 2.40. The van der Waals surface area contributed by atoms with Gasteiger partial charge in [0.15, 0.2) is 0 Å². The first-order valence-electron chi connectivity index (χ1n) is 6.40. The molecule has 0 heterocycles. The Labute approximate surface area is 122 Å². The van der Waals surface area contributed by atoms with Crippen LogP contribution in [0.5, 0.6) is 0 Å². The number of benzene rings is 1. The summed E-state index contributed by atoms with van der Waals surface area (Å²) < 4.78 is 28.0. The Balaban J connectivity index is 2.00. The smallest absolute Gasteiger partial charge is 0.240 e. The molecule has 0 spiro atoms. The Hall–Kier alpha value is -0.430. The molecule has 1 saturated carbocycles. The molecule has 6 heteroatoms. The first kappa shape index (κ1) is 15.0. The molecule has 2 N–H and O–H groups in total. The molecular weight excluding hydrogens is 330 g/mol. The van der Waals surface area contributed by atoms with Gasteiger partial charge >= 0.3 is 0 Å². The lowest BCUT2D eigenvalue weighted by Gasteiger charge is -2.27. The quantitative estimate of drug-likeness (QED) is 0.877. The van der Waals surface area contributed by atoms with Crippen molar-refractivity contribution in [3.8, 4) is 0 Å². The lowest BCUT2D eigenvalue weighted by molar-refractivity contribution is 0.180. The van der Waals surface area contributed by atoms with Gasteiger partial charge in [-0.3, -0.25) is 0 Å². The first-order valence-corrected chi connectivity index (χ1v) is 8.67. The van der Waals surface area contributed by atoms with Crippen LogP contribution >= 0.6 is 15.9 Å². The van der Waals surface area contributed by atoms with Gasteiger partial charge in [-0.05, 0) is 55.9 Å². The Kier molecular flexibility index (Phi) is 5.00. The van der Waals surface area contributed by atoms with Gasteiger partial charge in [-0.15, -0.1) is 0 Å². The zero-order valence-electron chi connectivity index (χ0n) is 10.5. The van der Waals surface area contributed by atoms with E-state index in [1.54, 1.807) is 24.3 Å². The van der Waals surface area contributed by atoms with Crippen LogP contribution < -0.4 is 4.72 Å². The van der Waals surface area contributed by atoms with Crippen LogP contribution in [0.2, 0.25) is 0 Å². The Morgan fingerprint density at radius 1 is 1.16 bits per heavy atom. The average molecular weight is 348 g/mol. The van der Waals surface area contributed by atoms with Crippen LogP contribution in [0, 0.1) is 5.92 Å². The van der Waals surface area contributed by atoms with Crippen molar-refractivity contribution >= 4 is 26.0 Å². The highest BCUT2D eigenvalue weighted by atomic mass is 79.9. The van der Waals surface area contributed by atoms with E-state index in [0.717, 1.165) is 30.2 Å². The zero-order chi connectivity index (χ0) is 13.9. The summed E-state index contributed by atoms with van der Waals surface area (Å²) in [5.41, 5.74) is 0. The normalized spacial score (nSPS) is 24.3. The van der Waals surface area contributed by atoms with Gasteiger partial charge in [-0.1, -0.05) is 15.9 Å². The highest BCUT2D eigenvalue weighted by Gasteiger charge is 2.25. The molecule has 0 radical (unpaired) electrons. The molecule has 0 bridgehead atoms. The third-order valence-corrected chi connectivity index (χ3v) is 5.62. The summed E-state index contributed by atoms with van der Waals surface area (Å²) in [4.78, 5) is 0.292. The van der Waals surface area contributed by atoms with E-state index in [1.807, 2.05) is 0 Å². The molecule has 1 aromatic carbocycles. The molecule has 0 aromatic heterocycles. The van der Waals surface area contributed by atoms with E-state index < -0.39 is 10.0 Å². The maximum Gasteiger partial charge on any atom is 0.240 e. The van der Waals surface area contributed by atoms with Crippen molar-refractivity contribution in [3.05, 3.63) is 28.7 Å². The van der Waals surface area contributed by atoms with Crippen LogP contribution in [0.4, 0.5) is 0 Å². The van der Waals surface area contributed by atoms with Crippen molar-refractivity contribution in [2.24, 2.45) is 5.92 Å². The van der Waals surface area contributed by atoms with E-state index in [0.29, 0.717) is 10.8 Å². The minimum Gasteiger partial charge on any atom is -0.396 e. The largest absolute Gasteiger partial charge is 0.396 e. The van der Waals surface area contributed by atoms with Gasteiger partial charge in [-0.25, -0.2) is 13.1 Å². The van der Waals surface area contributed by atoms with E-state index in [4.69, 9.17) is 5.11 Å². The van der Waals surface area contributed by atoms with Crippen molar-refractivity contribution in [2.75, 3.05) is 6.61 Å². The van der Waals surface area contributed by atoms with Crippen molar-refractivity contribution in [3.63, 3.8) is 0 Å². The molecule has 0 amide bonds. The van der Waals surface area contributed by atoms with Gasteiger partial charge in [0.1, 0.15) is 0 Å². The van der Waals surface area contributed by atoms with Gasteiger partial charge in [0.05, 0.1) is 4.90 Å². The fourth-order valence-corrected chi connectivity index (χ4v) is 3.93. The minimum absolute atomic E-state index is 0.0172. The first-order chi connectivity index (χ1) is 9.01. The molecule has 2 rings (SSSR count). The molecular formula is C13H18BrNO3S. The van der Waals surface area contributed by atoms with E-state index in [-0.39, 0.29) is 12.6 Å². The van der Waals surface area contributed by atoms with Crippen molar-refractivity contribution in [1.29, 1.82) is 0 Å². The summed E-state index contributed by atoms with van der Waals surface area (Å²) in [6, 6.07) is 6.60. The Bertz CT molecular complexity index is 507. The van der Waals surface area contributed by atoms with E-state index >= 15 is 0 Å². The third kappa shape index (κ3) is 4.02. The zero-order valence-corrected chi connectivity index (χ0v) is 13.0. The van der Waals surface area contributed by atoms with Crippen molar-refractivity contribution in [1.82, 2.24) is 4.72 Å². The number of aliphatic hydroxyl groups is 1. The number of hydrogen-bond acceptors (Lipinski definition) is 3. The number of halogens is 1. The highest BCUT2D eigenvalue weighted by Crippen LogP contribution is 2.25. The number of aliphatic hydroxyl groups excluding tert-OH is 1. The summed E-state index contributed by atoms with van der Waals surface area (Å²) in [5, 5.41) is 9.07. The van der Waals surface area contributed by atoms with Crippen LogP contribution in [0.1, 0.15) is 25.7 Å². The molecule has 4 nitrogen and oxygen atoms in total. The second kappa shape index (κ2) is 6.35. The second-order valence-corrected chi connectivity index (χ2v) is 7.61. The maximum atomic E-state index is 12.2. The number of sulfonamides is 1. The fourth-order valence-electron chi connectivity index (χ4n) is 2.36. The molecule has 19 heavy (non-hydrogen) atoms. The topological polar surface area (TPSA) is 66.4 Å². The standard InChI is InChI=1S/C13H18BrNO3S/c14-11-3-7-13(8-4-11)19(17,18)15-12-5-1-10(9-16)2-6-12/h3-4,7-8,10,12,15-16H,1-2,5-6,9H2. The van der Waals surface area contributed by atoms with E-state index in [1.165, 1.54) is 0 Å². The summed E-state index contributed by atoms with van der Waals surface area (Å²) in [6.45, 7) is 0.201. The molecule has 1 aliphatic carbocycles. The molecule has 0 aliphatic heterocycles. The molecule has 0 unspecified atom stereocenters. The fraction of sp³-hybridized carbons (Fsp3) is 0.538. The van der Waals surface area contributed by atoms with Gasteiger partial charge in [0, 0.05) is 17.1 Å². The van der Waals surface area contributed by atoms with Crippen LogP contribution in [-0.2, 0) is 10.0 Å². The molecule has 1 aromatic rings. The number of rotatable bonds is 4. The summed E-state index contributed by atoms with van der Waals surface area (Å²) in [6.07, 6.45) is 3.34. The molecule has 0 saturated heterocycles. The van der Waals surface area contributed by atoms with E-state index in [2.05, 4.69) is 20.7 Å². The lowest BCUT2D eigenvalue weighted by Crippen LogP contribution is -2.38. The number of hydrogen-bond donors (Lipinski definition) is 2. The van der Waals surface area contributed by atoms with Gasteiger partial charge < -0.3 is 5.11 Å². The monoisotopic (exact) mass is 347 g/mol. The summed E-state index contributed by atoms with van der Waals surface area (Å²) in [7, 11) is -3.43. The highest BCUT2D eigenvalue weighted by molar-refractivity contribution is 9.10. The maximum absolute atomic E-state index is 12.2. The van der Waals surface area contributed by atoms with Gasteiger partial charge in [0.25, 0.3) is 0 Å². The van der Waals surface area contributed by atoms with E-state index in [9.17, 15) is 8.42 Å². The Morgan fingerprint density at radius 2 is 1.74 bits per heavy atom. The molecule has 1 aliphatic rings. The van der Waals surface area contributed by atoms with Gasteiger partial charge in [-0.2, -0.15) is 0 Å². The van der Waals surface area contributed by atoms with Crippen LogP contribution in [0.25, 0.3) is 0 Å². The van der Waals surface area contributed by atoms with Crippen LogP contribution in [0.15, 0.2) is 33.6 Å². The molecule has 106 valence electrons. The predicted molar refractivity (Wildman–Crippen MR) is 77.3 cm³/mol. The summed E-state index contributed by atoms with van der Waals surface area (Å²) >= 11 is 3.29. The SMILES string of the molecule is O=S(=O)(NC1CCC(CO)CC1)c1ccc(Br)cc1. The predicted octanol–water partition coefficient (Wildman–Crippen LogP) is 2.28. The molecule has 1 fully saturated rings. The van der Waals surface area contributed by atoms with Crippen molar-refractivity contribution < 1.29 is 13.5 Å². The molecule has 0 atom stereocenters. The summed E-state index contributed by atoms with van der Waals surface area (Å²) in [5.74, 6) is 0.327. The second-order valence-electron chi connectivity index (χ2n) is 4.98. The Morgan fingerprint density at radius 3 is 2.26 bits per heavy atom. The minimum atomic E-state index is -3.43.